The molecule has 11 nitrogen and oxygen atoms in total. The van der Waals surface area contributed by atoms with Crippen LogP contribution in [0.5, 0.6) is 0 Å². The molecule has 1 aliphatic rings. The Bertz CT molecular complexity index is 1190. The molecule has 0 spiro atoms. The molecule has 0 aliphatic heterocycles. The number of hydrogen-bond acceptors (Lipinski definition) is 7. The summed E-state index contributed by atoms with van der Waals surface area (Å²) in [6, 6.07) is 4.41. The van der Waals surface area contributed by atoms with Crippen LogP contribution in [0.2, 0.25) is 0 Å². The van der Waals surface area contributed by atoms with Crippen molar-refractivity contribution in [3.05, 3.63) is 36.0 Å². The van der Waals surface area contributed by atoms with Crippen LogP contribution in [-0.4, -0.2) is 64.9 Å². The van der Waals surface area contributed by atoms with Gasteiger partial charge < -0.3 is 31.1 Å². The monoisotopic (exact) mass is 525 g/mol. The average molecular weight is 526 g/mol. The number of esters is 1. The van der Waals surface area contributed by atoms with E-state index in [2.05, 4.69) is 20.9 Å². The van der Waals surface area contributed by atoms with Gasteiger partial charge in [0.1, 0.15) is 24.2 Å². The van der Waals surface area contributed by atoms with Crippen molar-refractivity contribution in [1.82, 2.24) is 20.9 Å². The third-order valence-corrected chi connectivity index (χ3v) is 6.56. The number of benzene rings is 1. The maximum atomic E-state index is 13.3. The van der Waals surface area contributed by atoms with Crippen LogP contribution in [0.1, 0.15) is 57.9 Å². The van der Waals surface area contributed by atoms with Gasteiger partial charge in [-0.05, 0) is 50.7 Å². The largest absolute Gasteiger partial charge is 0.461 e. The summed E-state index contributed by atoms with van der Waals surface area (Å²) in [4.78, 5) is 65.6. The fourth-order valence-corrected chi connectivity index (χ4v) is 4.52. The first-order chi connectivity index (χ1) is 18.2. The lowest BCUT2D eigenvalue weighted by Gasteiger charge is -2.24. The third-order valence-electron chi connectivity index (χ3n) is 6.56. The number of H-pyrrole nitrogens is 1. The molecule has 1 aromatic heterocycles. The van der Waals surface area contributed by atoms with Crippen molar-refractivity contribution in [2.24, 2.45) is 0 Å². The maximum Gasteiger partial charge on any atom is 0.328 e. The van der Waals surface area contributed by atoms with E-state index >= 15 is 0 Å². The minimum Gasteiger partial charge on any atom is -0.461 e. The Labute approximate surface area is 221 Å². The second-order valence-electron chi connectivity index (χ2n) is 9.60. The molecule has 1 saturated carbocycles. The second kappa shape index (κ2) is 13.5. The number of hydrogen-bond donors (Lipinski definition) is 5. The topological polar surface area (TPSA) is 170 Å². The number of aromatic amines is 1. The van der Waals surface area contributed by atoms with Gasteiger partial charge in [-0.2, -0.15) is 0 Å². The molecule has 3 atom stereocenters. The molecule has 0 unspecified atom stereocenters. The summed E-state index contributed by atoms with van der Waals surface area (Å²) < 4.78 is 5.45. The number of amides is 3. The van der Waals surface area contributed by atoms with E-state index in [4.69, 9.17) is 10.1 Å². The van der Waals surface area contributed by atoms with Gasteiger partial charge in [0.2, 0.25) is 17.7 Å². The van der Waals surface area contributed by atoms with E-state index in [0.29, 0.717) is 6.21 Å². The Kier molecular flexibility index (Phi) is 10.1. The van der Waals surface area contributed by atoms with Crippen molar-refractivity contribution in [3.8, 4) is 0 Å². The van der Waals surface area contributed by atoms with Crippen molar-refractivity contribution >= 4 is 46.6 Å². The fourth-order valence-electron chi connectivity index (χ4n) is 4.52. The lowest BCUT2D eigenvalue weighted by atomic mass is 10.0. The Balaban J connectivity index is 1.71. The molecule has 2 aromatic rings. The molecule has 1 fully saturated rings. The first kappa shape index (κ1) is 28.5. The van der Waals surface area contributed by atoms with Gasteiger partial charge in [-0.1, -0.05) is 18.2 Å². The van der Waals surface area contributed by atoms with Crippen LogP contribution in [0.25, 0.3) is 10.9 Å². The predicted octanol–water partition coefficient (Wildman–Crippen LogP) is 1.69. The number of Topliss-reactive ketones (excluding diaryl/α,β-unsaturated/α-hetero) is 1. The summed E-state index contributed by atoms with van der Waals surface area (Å²) in [6.07, 6.45) is 5.72. The van der Waals surface area contributed by atoms with Gasteiger partial charge in [-0.3, -0.25) is 19.2 Å². The van der Waals surface area contributed by atoms with E-state index in [1.165, 1.54) is 13.8 Å². The van der Waals surface area contributed by atoms with Gasteiger partial charge in [-0.15, -0.1) is 0 Å². The Morgan fingerprint density at radius 3 is 2.42 bits per heavy atom. The number of rotatable bonds is 13. The Morgan fingerprint density at radius 2 is 1.74 bits per heavy atom. The van der Waals surface area contributed by atoms with E-state index in [9.17, 15) is 24.0 Å². The van der Waals surface area contributed by atoms with Crippen LogP contribution in [-0.2, 0) is 35.1 Å². The number of ketones is 1. The van der Waals surface area contributed by atoms with Gasteiger partial charge in [-0.25, -0.2) is 4.79 Å². The van der Waals surface area contributed by atoms with E-state index in [-0.39, 0.29) is 25.4 Å². The molecule has 1 aliphatic carbocycles. The van der Waals surface area contributed by atoms with Crippen molar-refractivity contribution in [1.29, 1.82) is 5.41 Å². The van der Waals surface area contributed by atoms with E-state index in [1.807, 2.05) is 24.3 Å². The summed E-state index contributed by atoms with van der Waals surface area (Å²) >= 11 is 0. The zero-order valence-corrected chi connectivity index (χ0v) is 21.7. The van der Waals surface area contributed by atoms with Crippen molar-refractivity contribution < 1.29 is 28.7 Å². The van der Waals surface area contributed by atoms with Crippen LogP contribution in [0, 0.1) is 5.41 Å². The SMILES string of the molecule is CC(=O)N[C@@H](Cc1c[nH]c2ccccc12)C(=O)N[C@@H](CCC(=O)C=N)C(=O)N[C@@H](C)C(=O)OC1CCCC1. The van der Waals surface area contributed by atoms with E-state index < -0.39 is 47.6 Å². The summed E-state index contributed by atoms with van der Waals surface area (Å²) in [7, 11) is 0. The second-order valence-corrected chi connectivity index (χ2v) is 9.60. The molecule has 0 radical (unpaired) electrons. The van der Waals surface area contributed by atoms with Crippen molar-refractivity contribution in [3.63, 3.8) is 0 Å². The van der Waals surface area contributed by atoms with Crippen LogP contribution >= 0.6 is 0 Å². The average Bonchev–Trinajstić information content (AvgIpc) is 3.55. The highest BCUT2D eigenvalue weighted by Crippen LogP contribution is 2.21. The van der Waals surface area contributed by atoms with Gasteiger partial charge in [0.15, 0.2) is 5.78 Å². The molecule has 5 N–H and O–H groups in total. The molecule has 204 valence electrons. The first-order valence-electron chi connectivity index (χ1n) is 12.8. The normalized spacial score (nSPS) is 15.7. The lowest BCUT2D eigenvalue weighted by Crippen LogP contribution is -2.56. The Morgan fingerprint density at radius 1 is 1.05 bits per heavy atom. The molecule has 3 amide bonds. The third kappa shape index (κ3) is 7.99. The van der Waals surface area contributed by atoms with Crippen LogP contribution in [0.4, 0.5) is 0 Å². The van der Waals surface area contributed by atoms with E-state index in [0.717, 1.165) is 42.1 Å². The fraction of sp³-hybridized carbons (Fsp3) is 0.481. The van der Waals surface area contributed by atoms with Crippen LogP contribution < -0.4 is 16.0 Å². The molecule has 0 bridgehead atoms. The highest BCUT2D eigenvalue weighted by molar-refractivity contribution is 6.26. The number of ether oxygens (including phenoxy) is 1. The van der Waals surface area contributed by atoms with Crippen molar-refractivity contribution in [2.75, 3.05) is 0 Å². The molecule has 1 heterocycles. The number of para-hydroxylation sites is 1. The van der Waals surface area contributed by atoms with Crippen molar-refractivity contribution in [2.45, 2.75) is 83.0 Å². The summed E-state index contributed by atoms with van der Waals surface area (Å²) in [5, 5.41) is 15.8. The number of aromatic nitrogens is 1. The quantitative estimate of drug-likeness (QED) is 0.197. The standard InChI is InChI=1S/C27H35N5O6/c1-16(27(37)38-20-7-3-4-8-20)30-25(35)23(12-11-19(34)14-28)32-26(36)24(31-17(2)33)13-18-15-29-22-10-6-5-9-21(18)22/h5-6,9-10,14-16,20,23-24,28-29H,3-4,7-8,11-13H2,1-2H3,(H,30,35)(H,31,33)(H,32,36)/t16-,23-,24-/m0/s1. The van der Waals surface area contributed by atoms with Gasteiger partial charge in [0.25, 0.3) is 0 Å². The number of carbonyl (C=O) groups is 5. The smallest absolute Gasteiger partial charge is 0.328 e. The minimum atomic E-state index is -1.17. The van der Waals surface area contributed by atoms with Crippen LogP contribution in [0.3, 0.4) is 0 Å². The molecule has 0 saturated heterocycles. The number of fused-ring (bicyclic) bond motifs is 1. The summed E-state index contributed by atoms with van der Waals surface area (Å²) in [6.45, 7) is 2.79. The lowest BCUT2D eigenvalue weighted by molar-refractivity contribution is -0.152. The highest BCUT2D eigenvalue weighted by atomic mass is 16.5. The molecule has 38 heavy (non-hydrogen) atoms. The minimum absolute atomic E-state index is 0.0872. The number of carbonyl (C=O) groups excluding carboxylic acids is 5. The zero-order valence-electron chi connectivity index (χ0n) is 21.7. The van der Waals surface area contributed by atoms with E-state index in [1.54, 1.807) is 6.20 Å². The zero-order chi connectivity index (χ0) is 27.7. The molecule has 3 rings (SSSR count). The molecular weight excluding hydrogens is 490 g/mol. The van der Waals surface area contributed by atoms with Gasteiger partial charge >= 0.3 is 5.97 Å². The number of nitrogens with one attached hydrogen (secondary N) is 5. The predicted molar refractivity (Wildman–Crippen MR) is 141 cm³/mol. The molecular formula is C27H35N5O6. The summed E-state index contributed by atoms with van der Waals surface area (Å²) in [5.74, 6) is -2.78. The first-order valence-corrected chi connectivity index (χ1v) is 12.8. The highest BCUT2D eigenvalue weighted by Gasteiger charge is 2.30. The maximum absolute atomic E-state index is 13.3. The molecule has 11 heteroatoms. The van der Waals surface area contributed by atoms with Crippen LogP contribution in [0.15, 0.2) is 30.5 Å². The van der Waals surface area contributed by atoms with Gasteiger partial charge in [0, 0.05) is 36.9 Å². The Hall–Kier alpha value is -4.02. The van der Waals surface area contributed by atoms with Gasteiger partial charge in [0.05, 0.1) is 6.21 Å². The molecule has 1 aromatic carbocycles. The summed E-state index contributed by atoms with van der Waals surface area (Å²) in [5.41, 5.74) is 1.68.